The number of hydrogen-bond donors (Lipinski definition) is 0. The molecule has 2 heterocycles. The van der Waals surface area contributed by atoms with Gasteiger partial charge in [0, 0.05) is 23.6 Å². The molecule has 0 saturated carbocycles. The number of pyridine rings is 1. The van der Waals surface area contributed by atoms with Crippen molar-refractivity contribution in [3.63, 3.8) is 0 Å². The summed E-state index contributed by atoms with van der Waals surface area (Å²) >= 11 is 0. The number of furan rings is 1. The van der Waals surface area contributed by atoms with Crippen LogP contribution in [0.2, 0.25) is 0 Å². The summed E-state index contributed by atoms with van der Waals surface area (Å²) in [6.45, 7) is 5.90. The van der Waals surface area contributed by atoms with Crippen LogP contribution >= 0.6 is 0 Å². The molecule has 0 saturated heterocycles. The van der Waals surface area contributed by atoms with Gasteiger partial charge in [0.2, 0.25) is 0 Å². The van der Waals surface area contributed by atoms with E-state index in [1.165, 1.54) is 6.07 Å². The number of hydrogen-bond acceptors (Lipinski definition) is 4. The van der Waals surface area contributed by atoms with E-state index >= 15 is 0 Å². The molecule has 0 N–H and O–H groups in total. The molecule has 0 aliphatic heterocycles. The highest BCUT2D eigenvalue weighted by molar-refractivity contribution is 5.99. The Morgan fingerprint density at radius 3 is 2.43 bits per heavy atom. The van der Waals surface area contributed by atoms with Gasteiger partial charge in [-0.25, -0.2) is 0 Å². The minimum atomic E-state index is -0.385. The highest BCUT2D eigenvalue weighted by Gasteiger charge is 2.32. The molecule has 4 rings (SSSR count). The molecular formula is C23H20N2O3. The van der Waals surface area contributed by atoms with Gasteiger partial charge >= 0.3 is 0 Å². The van der Waals surface area contributed by atoms with Gasteiger partial charge in [-0.2, -0.15) is 5.26 Å². The Hall–Kier alpha value is -3.39. The molecule has 1 unspecified atom stereocenters. The quantitative estimate of drug-likeness (QED) is 0.677. The number of aromatic nitrogens is 1. The summed E-state index contributed by atoms with van der Waals surface area (Å²) in [4.78, 5) is 26.1. The van der Waals surface area contributed by atoms with Gasteiger partial charge in [0.15, 0.2) is 5.78 Å². The normalized spacial score (nSPS) is 15.9. The van der Waals surface area contributed by atoms with Crippen molar-refractivity contribution in [3.8, 4) is 11.8 Å². The van der Waals surface area contributed by atoms with E-state index in [1.54, 1.807) is 16.9 Å². The Bertz CT molecular complexity index is 1170. The Morgan fingerprint density at radius 2 is 1.82 bits per heavy atom. The van der Waals surface area contributed by atoms with E-state index in [0.717, 1.165) is 28.1 Å². The second-order valence-corrected chi connectivity index (χ2v) is 7.46. The first-order chi connectivity index (χ1) is 13.4. The lowest BCUT2D eigenvalue weighted by Gasteiger charge is -2.27. The summed E-state index contributed by atoms with van der Waals surface area (Å²) in [5.41, 5.74) is 4.43. The molecule has 1 aliphatic carbocycles. The number of nitrogens with zero attached hydrogens (tertiary/aromatic N) is 2. The molecule has 0 spiro atoms. The standard InChI is InChI=1S/C23H20N2O3/c1-13-7-14(2)22(15(3)8-13)25-19-10-16(21-5-4-6-28-21)11-20(26)18(19)9-17(12-24)23(25)27/h4-9,16H,10-11H2,1-3H3. The molecule has 2 aromatic heterocycles. The molecule has 3 aromatic rings. The van der Waals surface area contributed by atoms with Crippen LogP contribution in [-0.2, 0) is 6.42 Å². The third-order valence-corrected chi connectivity index (χ3v) is 5.40. The van der Waals surface area contributed by atoms with Crippen molar-refractivity contribution < 1.29 is 9.21 Å². The lowest BCUT2D eigenvalue weighted by atomic mass is 9.83. The molecular weight excluding hydrogens is 352 g/mol. The van der Waals surface area contributed by atoms with Gasteiger partial charge in [-0.3, -0.25) is 14.2 Å². The summed E-state index contributed by atoms with van der Waals surface area (Å²) in [6, 6.07) is 11.1. The molecule has 1 atom stereocenters. The van der Waals surface area contributed by atoms with Gasteiger partial charge in [-0.15, -0.1) is 0 Å². The topological polar surface area (TPSA) is 76.0 Å². The fourth-order valence-corrected chi connectivity index (χ4v) is 4.30. The minimum absolute atomic E-state index is 0.0112. The molecule has 28 heavy (non-hydrogen) atoms. The summed E-state index contributed by atoms with van der Waals surface area (Å²) in [5.74, 6) is 0.537. The van der Waals surface area contributed by atoms with Crippen LogP contribution in [-0.4, -0.2) is 10.4 Å². The molecule has 1 aliphatic rings. The molecule has 0 fully saturated rings. The van der Waals surface area contributed by atoms with E-state index in [9.17, 15) is 14.9 Å². The fraction of sp³-hybridized carbons (Fsp3) is 0.261. The monoisotopic (exact) mass is 372 g/mol. The van der Waals surface area contributed by atoms with Gasteiger partial charge < -0.3 is 4.42 Å². The summed E-state index contributed by atoms with van der Waals surface area (Å²) in [5, 5.41) is 9.47. The number of benzene rings is 1. The predicted molar refractivity (Wildman–Crippen MR) is 105 cm³/mol. The number of ketones is 1. The van der Waals surface area contributed by atoms with Gasteiger partial charge in [0.1, 0.15) is 17.4 Å². The van der Waals surface area contributed by atoms with Crippen LogP contribution in [0.15, 0.2) is 45.8 Å². The van der Waals surface area contributed by atoms with Crippen molar-refractivity contribution in [1.82, 2.24) is 4.57 Å². The fourth-order valence-electron chi connectivity index (χ4n) is 4.30. The Kier molecular flexibility index (Phi) is 4.27. The maximum Gasteiger partial charge on any atom is 0.273 e. The van der Waals surface area contributed by atoms with Gasteiger partial charge in [0.05, 0.1) is 12.0 Å². The van der Waals surface area contributed by atoms with Crippen LogP contribution in [0.5, 0.6) is 0 Å². The van der Waals surface area contributed by atoms with Crippen molar-refractivity contribution >= 4 is 5.78 Å². The zero-order valence-electron chi connectivity index (χ0n) is 16.1. The van der Waals surface area contributed by atoms with Crippen molar-refractivity contribution in [2.45, 2.75) is 39.5 Å². The highest BCUT2D eigenvalue weighted by atomic mass is 16.3. The second kappa shape index (κ2) is 6.65. The third-order valence-electron chi connectivity index (χ3n) is 5.40. The van der Waals surface area contributed by atoms with E-state index in [2.05, 4.69) is 0 Å². The largest absolute Gasteiger partial charge is 0.469 e. The lowest BCUT2D eigenvalue weighted by Crippen LogP contribution is -2.32. The van der Waals surface area contributed by atoms with Crippen LogP contribution < -0.4 is 5.56 Å². The Balaban J connectivity index is 2.03. The number of nitriles is 1. The van der Waals surface area contributed by atoms with E-state index in [4.69, 9.17) is 4.42 Å². The van der Waals surface area contributed by atoms with Crippen LogP contribution in [0, 0.1) is 32.1 Å². The van der Waals surface area contributed by atoms with Crippen molar-refractivity contribution in [2.24, 2.45) is 0 Å². The Morgan fingerprint density at radius 1 is 1.11 bits per heavy atom. The lowest BCUT2D eigenvalue weighted by molar-refractivity contribution is 0.0958. The summed E-state index contributed by atoms with van der Waals surface area (Å²) in [7, 11) is 0. The van der Waals surface area contributed by atoms with Crippen LogP contribution in [0.4, 0.5) is 0 Å². The maximum absolute atomic E-state index is 13.2. The number of carbonyl (C=O) groups excluding carboxylic acids is 1. The average Bonchev–Trinajstić information content (AvgIpc) is 3.17. The molecule has 5 nitrogen and oxygen atoms in total. The summed E-state index contributed by atoms with van der Waals surface area (Å²) < 4.78 is 7.10. The first kappa shape index (κ1) is 18.0. The zero-order chi connectivity index (χ0) is 20.0. The summed E-state index contributed by atoms with van der Waals surface area (Å²) in [6.07, 6.45) is 2.40. The number of aryl methyl sites for hydroxylation is 3. The van der Waals surface area contributed by atoms with E-state index in [1.807, 2.05) is 45.0 Å². The van der Waals surface area contributed by atoms with E-state index in [-0.39, 0.29) is 22.8 Å². The number of carbonyl (C=O) groups is 1. The van der Waals surface area contributed by atoms with Gasteiger partial charge in [-0.1, -0.05) is 17.7 Å². The predicted octanol–water partition coefficient (Wildman–Crippen LogP) is 4.14. The SMILES string of the molecule is Cc1cc(C)c(-n2c3c(cc(C#N)c2=O)C(=O)CC(c2ccco2)C3)c(C)c1. The first-order valence-corrected chi connectivity index (χ1v) is 9.24. The van der Waals surface area contributed by atoms with Crippen molar-refractivity contribution in [3.05, 3.63) is 86.2 Å². The second-order valence-electron chi connectivity index (χ2n) is 7.46. The van der Waals surface area contributed by atoms with Crippen LogP contribution in [0.1, 0.15) is 56.4 Å². The van der Waals surface area contributed by atoms with Crippen molar-refractivity contribution in [2.75, 3.05) is 0 Å². The average molecular weight is 372 g/mol. The molecule has 0 amide bonds. The van der Waals surface area contributed by atoms with Gasteiger partial charge in [0.25, 0.3) is 5.56 Å². The van der Waals surface area contributed by atoms with Crippen LogP contribution in [0.25, 0.3) is 5.69 Å². The number of fused-ring (bicyclic) bond motifs is 1. The first-order valence-electron chi connectivity index (χ1n) is 9.24. The molecule has 5 heteroatoms. The van der Waals surface area contributed by atoms with E-state index in [0.29, 0.717) is 24.1 Å². The maximum atomic E-state index is 13.2. The van der Waals surface area contributed by atoms with Crippen LogP contribution in [0.3, 0.4) is 0 Å². The third kappa shape index (κ3) is 2.78. The molecule has 140 valence electrons. The van der Waals surface area contributed by atoms with Crippen molar-refractivity contribution in [1.29, 1.82) is 5.26 Å². The smallest absolute Gasteiger partial charge is 0.273 e. The number of rotatable bonds is 2. The number of Topliss-reactive ketones (excluding diaryl/α,β-unsaturated/α-hetero) is 1. The van der Waals surface area contributed by atoms with E-state index < -0.39 is 0 Å². The Labute approximate surface area is 162 Å². The molecule has 0 bridgehead atoms. The molecule has 1 aromatic carbocycles. The highest BCUT2D eigenvalue weighted by Crippen LogP contribution is 2.34. The van der Waals surface area contributed by atoms with Gasteiger partial charge in [-0.05, 0) is 56.5 Å². The zero-order valence-corrected chi connectivity index (χ0v) is 16.1. The minimum Gasteiger partial charge on any atom is -0.469 e. The molecule has 0 radical (unpaired) electrons.